The van der Waals surface area contributed by atoms with Crippen LogP contribution in [0.4, 0.5) is 0 Å². The first-order valence-electron chi connectivity index (χ1n) is 6.90. The van der Waals surface area contributed by atoms with Crippen molar-refractivity contribution in [1.29, 1.82) is 0 Å². The Bertz CT molecular complexity index is 409. The minimum Gasteiger partial charge on any atom is -0.394 e. The standard InChI is InChI=1S/C15H24N2O2/c1-11-4-3-5-13(8-11)15(12(2)16)17-6-7-19-14(9-17)10-18/h3-5,8,12,14-15,18H,6-7,9-10,16H2,1-2H3. The quantitative estimate of drug-likeness (QED) is 0.854. The molecule has 2 rings (SSSR count). The van der Waals surface area contributed by atoms with Gasteiger partial charge < -0.3 is 15.6 Å². The van der Waals surface area contributed by atoms with Crippen molar-refractivity contribution in [2.45, 2.75) is 32.0 Å². The number of benzene rings is 1. The van der Waals surface area contributed by atoms with E-state index in [1.165, 1.54) is 11.1 Å². The number of aliphatic hydroxyl groups excluding tert-OH is 1. The van der Waals surface area contributed by atoms with Gasteiger partial charge in [0, 0.05) is 25.2 Å². The lowest BCUT2D eigenvalue weighted by Crippen LogP contribution is -2.49. The van der Waals surface area contributed by atoms with Crippen LogP contribution in [0.5, 0.6) is 0 Å². The third kappa shape index (κ3) is 3.54. The molecule has 1 aliphatic heterocycles. The van der Waals surface area contributed by atoms with Crippen LogP contribution in [0, 0.1) is 6.92 Å². The zero-order valence-electron chi connectivity index (χ0n) is 11.7. The van der Waals surface area contributed by atoms with Crippen LogP contribution in [0.3, 0.4) is 0 Å². The average Bonchev–Trinajstić information content (AvgIpc) is 2.39. The first-order chi connectivity index (χ1) is 9.11. The van der Waals surface area contributed by atoms with Gasteiger partial charge in [0.25, 0.3) is 0 Å². The Morgan fingerprint density at radius 2 is 2.32 bits per heavy atom. The Morgan fingerprint density at radius 3 is 2.95 bits per heavy atom. The second kappa shape index (κ2) is 6.48. The van der Waals surface area contributed by atoms with Crippen molar-refractivity contribution >= 4 is 0 Å². The molecule has 1 aromatic rings. The molecule has 0 radical (unpaired) electrons. The molecule has 1 aromatic carbocycles. The number of ether oxygens (including phenoxy) is 1. The highest BCUT2D eigenvalue weighted by Gasteiger charge is 2.29. The number of hydrogen-bond donors (Lipinski definition) is 2. The summed E-state index contributed by atoms with van der Waals surface area (Å²) in [6, 6.07) is 8.71. The molecule has 0 aromatic heterocycles. The number of hydrogen-bond acceptors (Lipinski definition) is 4. The van der Waals surface area contributed by atoms with E-state index in [2.05, 4.69) is 36.1 Å². The summed E-state index contributed by atoms with van der Waals surface area (Å²) in [5.74, 6) is 0. The van der Waals surface area contributed by atoms with Gasteiger partial charge in [-0.05, 0) is 19.4 Å². The maximum absolute atomic E-state index is 9.26. The molecule has 3 N–H and O–H groups in total. The van der Waals surface area contributed by atoms with Gasteiger partial charge in [-0.3, -0.25) is 4.90 Å². The first-order valence-corrected chi connectivity index (χ1v) is 6.90. The highest BCUT2D eigenvalue weighted by atomic mass is 16.5. The molecule has 1 heterocycles. The van der Waals surface area contributed by atoms with Crippen LogP contribution in [0.15, 0.2) is 24.3 Å². The number of aliphatic hydroxyl groups is 1. The summed E-state index contributed by atoms with van der Waals surface area (Å²) in [7, 11) is 0. The van der Waals surface area contributed by atoms with E-state index in [1.807, 2.05) is 6.92 Å². The molecule has 0 saturated carbocycles. The summed E-state index contributed by atoms with van der Waals surface area (Å²) in [5, 5.41) is 9.26. The van der Waals surface area contributed by atoms with Gasteiger partial charge in [0.15, 0.2) is 0 Å². The largest absolute Gasteiger partial charge is 0.394 e. The van der Waals surface area contributed by atoms with Crippen LogP contribution in [0.25, 0.3) is 0 Å². The molecule has 19 heavy (non-hydrogen) atoms. The van der Waals surface area contributed by atoms with Gasteiger partial charge in [0.05, 0.1) is 19.3 Å². The molecule has 4 heteroatoms. The van der Waals surface area contributed by atoms with E-state index >= 15 is 0 Å². The van der Waals surface area contributed by atoms with Crippen molar-refractivity contribution in [3.63, 3.8) is 0 Å². The summed E-state index contributed by atoms with van der Waals surface area (Å²) < 4.78 is 5.51. The van der Waals surface area contributed by atoms with Crippen molar-refractivity contribution < 1.29 is 9.84 Å². The molecular weight excluding hydrogens is 240 g/mol. The van der Waals surface area contributed by atoms with Crippen LogP contribution < -0.4 is 5.73 Å². The van der Waals surface area contributed by atoms with Crippen LogP contribution in [0.2, 0.25) is 0 Å². The van der Waals surface area contributed by atoms with E-state index in [0.717, 1.165) is 13.1 Å². The molecule has 0 bridgehead atoms. The monoisotopic (exact) mass is 264 g/mol. The zero-order chi connectivity index (χ0) is 13.8. The topological polar surface area (TPSA) is 58.7 Å². The predicted molar refractivity (Wildman–Crippen MR) is 76.0 cm³/mol. The van der Waals surface area contributed by atoms with E-state index < -0.39 is 0 Å². The van der Waals surface area contributed by atoms with Crippen molar-refractivity contribution in [3.05, 3.63) is 35.4 Å². The molecule has 0 aliphatic carbocycles. The molecule has 1 fully saturated rings. The molecular formula is C15H24N2O2. The highest BCUT2D eigenvalue weighted by Crippen LogP contribution is 2.26. The van der Waals surface area contributed by atoms with Gasteiger partial charge in [0.1, 0.15) is 0 Å². The smallest absolute Gasteiger partial charge is 0.0933 e. The van der Waals surface area contributed by atoms with Gasteiger partial charge in [-0.2, -0.15) is 0 Å². The molecule has 4 nitrogen and oxygen atoms in total. The van der Waals surface area contributed by atoms with Crippen LogP contribution in [0.1, 0.15) is 24.1 Å². The lowest BCUT2D eigenvalue weighted by molar-refractivity contribution is -0.0675. The number of nitrogens with zero attached hydrogens (tertiary/aromatic N) is 1. The Hall–Kier alpha value is -0.940. The molecule has 0 amide bonds. The Kier molecular flexibility index (Phi) is 4.93. The fraction of sp³-hybridized carbons (Fsp3) is 0.600. The van der Waals surface area contributed by atoms with E-state index in [9.17, 15) is 5.11 Å². The number of aryl methyl sites for hydroxylation is 1. The average molecular weight is 264 g/mol. The second-order valence-corrected chi connectivity index (χ2v) is 5.39. The second-order valence-electron chi connectivity index (χ2n) is 5.39. The Labute approximate surface area is 115 Å². The van der Waals surface area contributed by atoms with Crippen LogP contribution in [-0.2, 0) is 4.74 Å². The molecule has 0 spiro atoms. The van der Waals surface area contributed by atoms with Crippen LogP contribution in [-0.4, -0.2) is 48.5 Å². The summed E-state index contributed by atoms with van der Waals surface area (Å²) >= 11 is 0. The molecule has 106 valence electrons. The number of rotatable bonds is 4. The minimum absolute atomic E-state index is 0.0410. The van der Waals surface area contributed by atoms with E-state index in [1.54, 1.807) is 0 Å². The van der Waals surface area contributed by atoms with E-state index in [0.29, 0.717) is 6.61 Å². The fourth-order valence-corrected chi connectivity index (χ4v) is 2.81. The SMILES string of the molecule is Cc1cccc(C(C(C)N)N2CCOC(CO)C2)c1. The van der Waals surface area contributed by atoms with E-state index in [4.69, 9.17) is 10.5 Å². The normalized spacial score (nSPS) is 24.1. The maximum Gasteiger partial charge on any atom is 0.0933 e. The zero-order valence-corrected chi connectivity index (χ0v) is 11.7. The van der Waals surface area contributed by atoms with Crippen molar-refractivity contribution in [1.82, 2.24) is 4.90 Å². The summed E-state index contributed by atoms with van der Waals surface area (Å²) in [4.78, 5) is 2.32. The fourth-order valence-electron chi connectivity index (χ4n) is 2.81. The lowest BCUT2D eigenvalue weighted by Gasteiger charge is -2.39. The van der Waals surface area contributed by atoms with Gasteiger partial charge in [0.2, 0.25) is 0 Å². The summed E-state index contributed by atoms with van der Waals surface area (Å²) in [6.45, 7) is 6.44. The van der Waals surface area contributed by atoms with Gasteiger partial charge >= 0.3 is 0 Å². The van der Waals surface area contributed by atoms with Crippen molar-refractivity contribution in [3.8, 4) is 0 Å². The first kappa shape index (κ1) is 14.5. The van der Waals surface area contributed by atoms with Crippen molar-refractivity contribution in [2.24, 2.45) is 5.73 Å². The summed E-state index contributed by atoms with van der Waals surface area (Å²) in [5.41, 5.74) is 8.68. The Morgan fingerprint density at radius 1 is 1.53 bits per heavy atom. The molecule has 3 atom stereocenters. The predicted octanol–water partition coefficient (Wildman–Crippen LogP) is 1.08. The molecule has 3 unspecified atom stereocenters. The van der Waals surface area contributed by atoms with Crippen molar-refractivity contribution in [2.75, 3.05) is 26.3 Å². The third-order valence-corrected chi connectivity index (χ3v) is 3.65. The molecule has 1 saturated heterocycles. The van der Waals surface area contributed by atoms with Gasteiger partial charge in [-0.25, -0.2) is 0 Å². The van der Waals surface area contributed by atoms with E-state index in [-0.39, 0.29) is 24.8 Å². The number of nitrogens with two attached hydrogens (primary N) is 1. The maximum atomic E-state index is 9.26. The minimum atomic E-state index is -0.0974. The lowest BCUT2D eigenvalue weighted by atomic mass is 9.97. The highest BCUT2D eigenvalue weighted by molar-refractivity contribution is 5.26. The van der Waals surface area contributed by atoms with Gasteiger partial charge in [-0.1, -0.05) is 29.8 Å². The Balaban J connectivity index is 2.20. The van der Waals surface area contributed by atoms with Gasteiger partial charge in [-0.15, -0.1) is 0 Å². The number of morpholine rings is 1. The molecule has 1 aliphatic rings. The summed E-state index contributed by atoms with van der Waals surface area (Å²) in [6.07, 6.45) is -0.0974. The third-order valence-electron chi connectivity index (χ3n) is 3.65. The van der Waals surface area contributed by atoms with Crippen LogP contribution >= 0.6 is 0 Å².